The van der Waals surface area contributed by atoms with Crippen molar-refractivity contribution < 1.29 is 23.9 Å². The number of thiazole rings is 1. The Labute approximate surface area is 359 Å². The molecule has 0 unspecified atom stereocenters. The van der Waals surface area contributed by atoms with E-state index in [0.717, 1.165) is 89.0 Å². The molecule has 4 aliphatic rings. The van der Waals surface area contributed by atoms with Crippen LogP contribution in [0.15, 0.2) is 35.8 Å². The van der Waals surface area contributed by atoms with E-state index >= 15 is 0 Å². The number of amides is 2. The summed E-state index contributed by atoms with van der Waals surface area (Å²) in [6.07, 6.45) is 4.15. The van der Waals surface area contributed by atoms with E-state index in [1.54, 1.807) is 12.1 Å². The van der Waals surface area contributed by atoms with Crippen molar-refractivity contribution in [2.24, 2.45) is 17.3 Å². The number of pyridine rings is 1. The van der Waals surface area contributed by atoms with Crippen molar-refractivity contribution in [3.63, 3.8) is 0 Å². The molecule has 15 heteroatoms. The van der Waals surface area contributed by atoms with Gasteiger partial charge in [-0.3, -0.25) is 0 Å². The zero-order valence-electron chi connectivity index (χ0n) is 35.6. The van der Waals surface area contributed by atoms with E-state index < -0.39 is 31.5 Å². The summed E-state index contributed by atoms with van der Waals surface area (Å²) in [4.78, 5) is 56.6. The quantitative estimate of drug-likeness (QED) is 0.0845. The second-order valence-electron chi connectivity index (χ2n) is 17.6. The van der Waals surface area contributed by atoms with E-state index in [-0.39, 0.29) is 44.8 Å². The molecule has 3 aromatic heterocycles. The van der Waals surface area contributed by atoms with Crippen molar-refractivity contribution in [1.82, 2.24) is 33.4 Å². The number of fused-ring (bicyclic) bond motifs is 6. The summed E-state index contributed by atoms with van der Waals surface area (Å²) < 4.78 is 17.9. The molecule has 2 N–H and O–H groups in total. The molecule has 318 valence electrons. The maximum atomic E-state index is 14.3. The molecule has 2 saturated heterocycles. The number of likely N-dealkylation sites (N-methyl/N-ethyl adjacent to an activating group) is 1. The minimum atomic E-state index is -2.70. The van der Waals surface area contributed by atoms with Crippen LogP contribution in [0.5, 0.6) is 0 Å². The molecule has 3 fully saturated rings. The number of benzene rings is 1. The maximum absolute atomic E-state index is 14.3. The molecule has 8 rings (SSSR count). The summed E-state index contributed by atoms with van der Waals surface area (Å²) in [5.41, 5.74) is 7.75. The van der Waals surface area contributed by atoms with Crippen LogP contribution in [0, 0.1) is 17.3 Å². The average Bonchev–Trinajstić information content (AvgIpc) is 3.65. The molecular weight excluding hydrogens is 880 g/mol. The van der Waals surface area contributed by atoms with Crippen LogP contribution in [0.4, 0.5) is 10.5 Å². The van der Waals surface area contributed by atoms with Crippen molar-refractivity contribution in [1.29, 1.82) is 0 Å². The number of rotatable bonds is 7. The molecule has 0 spiro atoms. The molecule has 4 aromatic rings. The number of cyclic esters (lactones) is 1. The number of hydrogen-bond donors (Lipinski definition) is 2. The van der Waals surface area contributed by atoms with Crippen molar-refractivity contribution >= 4 is 63.8 Å². The molecule has 2 amide bonds. The number of nitrogens with zero attached hydrogens (tertiary/aromatic N) is 6. The molecule has 1 saturated carbocycles. The summed E-state index contributed by atoms with van der Waals surface area (Å²) in [5.74, 6) is -0.117. The third kappa shape index (κ3) is 8.64. The van der Waals surface area contributed by atoms with Gasteiger partial charge in [0, 0.05) is 13.1 Å². The molecule has 5 atom stereocenters. The third-order valence-corrected chi connectivity index (χ3v) is 18.5. The molecular formula is C44H59IN8O5S. The van der Waals surface area contributed by atoms with Crippen molar-refractivity contribution in [3.8, 4) is 22.5 Å². The average molecular weight is 939 g/mol. The molecule has 3 aliphatic heterocycles. The predicted molar refractivity (Wildman–Crippen MR) is 242 cm³/mol. The first kappa shape index (κ1) is 42.1. The second kappa shape index (κ2) is 17.0. The number of halogens is 1. The SMILES string of the molecule is CCn1c(-c2cc(N3CCN(C)CC3)cnc2[C@H](C)OC)c2c3cc(ccc31)-c1csc(n1)C[C@H](NC(=O)[C@H]1C[C@@H]1C)C(=O)N1CC[C@@H](C)I(N1)C(=O)OCC(C)(C)C2. The van der Waals surface area contributed by atoms with Gasteiger partial charge in [0.2, 0.25) is 0 Å². The summed E-state index contributed by atoms with van der Waals surface area (Å²) in [6.45, 7) is 17.9. The molecule has 59 heavy (non-hydrogen) atoms. The van der Waals surface area contributed by atoms with Crippen LogP contribution in [0.2, 0.25) is 0 Å². The number of hydrazine groups is 1. The van der Waals surface area contributed by atoms with Gasteiger partial charge in [-0.05, 0) is 7.05 Å². The molecule has 13 nitrogen and oxygen atoms in total. The van der Waals surface area contributed by atoms with Gasteiger partial charge >= 0.3 is 336 Å². The van der Waals surface area contributed by atoms with Gasteiger partial charge < -0.3 is 4.90 Å². The Bertz CT molecular complexity index is 2230. The predicted octanol–water partition coefficient (Wildman–Crippen LogP) is 7.25. The number of nitrogens with one attached hydrogen (secondary N) is 2. The van der Waals surface area contributed by atoms with Gasteiger partial charge in [0.05, 0.1) is 0 Å². The van der Waals surface area contributed by atoms with Crippen LogP contribution < -0.4 is 13.9 Å². The van der Waals surface area contributed by atoms with E-state index in [9.17, 15) is 14.4 Å². The molecule has 0 radical (unpaired) electrons. The standard InChI is InChI=1S/C44H59IN8O5S/c1-9-52-37-11-10-29-19-32(37)34(40(52)33-20-30(23-46-39(33)28(4)57-8)51-16-14-50(7)15-17-51)22-44(5,6)25-58-43(56)45-27(3)12-13-53(49-45)42(55)35(21-38-47-36(29)24-59-38)48-41(54)31-18-26(31)2/h10-11,19-20,23-24,26-28,31,35,49H,9,12-18,21-22,25H2,1-8H3,(H,48,54)/t26-,27+,28-,31-,35-/m0/s1. The number of anilines is 1. The van der Waals surface area contributed by atoms with Crippen LogP contribution in [-0.2, 0) is 38.4 Å². The van der Waals surface area contributed by atoms with Gasteiger partial charge in [0.25, 0.3) is 0 Å². The van der Waals surface area contributed by atoms with E-state index in [0.29, 0.717) is 25.3 Å². The number of carbonyl (C=O) groups is 3. The van der Waals surface area contributed by atoms with Gasteiger partial charge in [-0.1, -0.05) is 0 Å². The van der Waals surface area contributed by atoms with E-state index in [2.05, 4.69) is 102 Å². The summed E-state index contributed by atoms with van der Waals surface area (Å²) in [5, 5.41) is 8.60. The Hall–Kier alpha value is -3.64. The fourth-order valence-electron chi connectivity index (χ4n) is 8.62. The number of alkyl halides is 1. The summed E-state index contributed by atoms with van der Waals surface area (Å²) in [7, 11) is 3.90. The number of aryl methyl sites for hydroxylation is 1. The molecule has 1 aromatic carbocycles. The summed E-state index contributed by atoms with van der Waals surface area (Å²) >= 11 is -1.20. The van der Waals surface area contributed by atoms with Crippen molar-refractivity contribution in [2.45, 2.75) is 89.8 Å². The minimum absolute atomic E-state index is 0.0845. The first-order valence-electron chi connectivity index (χ1n) is 21.0. The number of carbonyl (C=O) groups excluding carboxylic acids is 3. The van der Waals surface area contributed by atoms with E-state index in [1.807, 2.05) is 6.20 Å². The van der Waals surface area contributed by atoms with E-state index in [1.165, 1.54) is 16.9 Å². The van der Waals surface area contributed by atoms with Crippen LogP contribution in [-0.4, -0.2) is 104 Å². The van der Waals surface area contributed by atoms with Crippen molar-refractivity contribution in [2.75, 3.05) is 58.4 Å². The van der Waals surface area contributed by atoms with Gasteiger partial charge in [-0.25, -0.2) is 0 Å². The van der Waals surface area contributed by atoms with Gasteiger partial charge in [-0.15, -0.1) is 0 Å². The molecule has 6 bridgehead atoms. The van der Waals surface area contributed by atoms with Crippen LogP contribution in [0.25, 0.3) is 33.4 Å². The topological polar surface area (TPSA) is 134 Å². The summed E-state index contributed by atoms with van der Waals surface area (Å²) in [6, 6.07) is 8.07. The Morgan fingerprint density at radius 2 is 1.92 bits per heavy atom. The van der Waals surface area contributed by atoms with Crippen LogP contribution in [0.1, 0.15) is 76.8 Å². The zero-order valence-corrected chi connectivity index (χ0v) is 38.6. The number of ether oxygens (including phenoxy) is 2. The fraction of sp³-hybridized carbons (Fsp3) is 0.568. The fourth-order valence-corrected chi connectivity index (χ4v) is 13.5. The monoisotopic (exact) mass is 938 g/mol. The number of methoxy groups -OCH3 is 1. The Morgan fingerprint density at radius 1 is 1.15 bits per heavy atom. The first-order valence-corrected chi connectivity index (χ1v) is 25.3. The van der Waals surface area contributed by atoms with Crippen LogP contribution >= 0.6 is 31.4 Å². The normalized spacial score (nSPS) is 25.1. The first-order chi connectivity index (χ1) is 28.2. The Morgan fingerprint density at radius 3 is 2.63 bits per heavy atom. The third-order valence-electron chi connectivity index (χ3n) is 12.5. The number of piperazine rings is 1. The van der Waals surface area contributed by atoms with Gasteiger partial charge in [0.1, 0.15) is 0 Å². The Balaban J connectivity index is 1.27. The zero-order chi connectivity index (χ0) is 41.7. The molecule has 1 aliphatic carbocycles. The number of hydrogen-bond acceptors (Lipinski definition) is 11. The van der Waals surface area contributed by atoms with Crippen LogP contribution in [0.3, 0.4) is 0 Å². The van der Waals surface area contributed by atoms with Gasteiger partial charge in [0.15, 0.2) is 0 Å². The second-order valence-corrected chi connectivity index (χ2v) is 23.9. The molecule has 6 heterocycles. The van der Waals surface area contributed by atoms with E-state index in [4.69, 9.17) is 19.4 Å². The number of aromatic nitrogens is 3. The van der Waals surface area contributed by atoms with Crippen molar-refractivity contribution in [3.05, 3.63) is 52.1 Å². The van der Waals surface area contributed by atoms with Gasteiger partial charge in [-0.2, -0.15) is 0 Å². The Kier molecular flexibility index (Phi) is 12.1.